The first kappa shape index (κ1) is 12.3. The Morgan fingerprint density at radius 2 is 1.62 bits per heavy atom. The van der Waals surface area contributed by atoms with Gasteiger partial charge in [0, 0.05) is 19.1 Å². The summed E-state index contributed by atoms with van der Waals surface area (Å²) in [7, 11) is -2.98. The third kappa shape index (κ3) is 2.96. The lowest BCUT2D eigenvalue weighted by Crippen LogP contribution is -2.35. The summed E-state index contributed by atoms with van der Waals surface area (Å²) in [5, 5.41) is 0. The van der Waals surface area contributed by atoms with Crippen molar-refractivity contribution in [1.82, 2.24) is 4.31 Å². The van der Waals surface area contributed by atoms with E-state index in [1.165, 1.54) is 0 Å². The van der Waals surface area contributed by atoms with Crippen LogP contribution in [0.2, 0.25) is 0 Å². The van der Waals surface area contributed by atoms with Crippen molar-refractivity contribution in [1.29, 1.82) is 0 Å². The fourth-order valence-corrected chi connectivity index (χ4v) is 4.68. The van der Waals surface area contributed by atoms with Crippen LogP contribution in [-0.4, -0.2) is 37.6 Å². The summed E-state index contributed by atoms with van der Waals surface area (Å²) in [4.78, 5) is 0. The molecule has 2 aliphatic rings. The monoisotopic (exact) mass is 246 g/mol. The molecule has 0 aromatic carbocycles. The number of hydrogen-bond donors (Lipinski definition) is 1. The Labute approximate surface area is 98.2 Å². The van der Waals surface area contributed by atoms with Gasteiger partial charge < -0.3 is 5.73 Å². The van der Waals surface area contributed by atoms with Gasteiger partial charge in [-0.1, -0.05) is 0 Å². The quantitative estimate of drug-likeness (QED) is 0.805. The number of sulfonamides is 1. The van der Waals surface area contributed by atoms with E-state index in [0.29, 0.717) is 17.7 Å². The molecule has 0 unspecified atom stereocenters. The highest BCUT2D eigenvalue weighted by Gasteiger charge is 2.29. The Balaban J connectivity index is 1.88. The van der Waals surface area contributed by atoms with E-state index in [1.807, 2.05) is 0 Å². The molecule has 1 saturated heterocycles. The molecule has 1 saturated carbocycles. The van der Waals surface area contributed by atoms with Crippen molar-refractivity contribution < 1.29 is 8.42 Å². The van der Waals surface area contributed by atoms with Crippen molar-refractivity contribution in [2.24, 2.45) is 11.7 Å². The molecule has 1 aliphatic carbocycles. The molecule has 0 aromatic heterocycles. The van der Waals surface area contributed by atoms with Crippen LogP contribution in [-0.2, 0) is 10.0 Å². The Bertz CT molecular complexity index is 315. The summed E-state index contributed by atoms with van der Waals surface area (Å²) in [6.45, 7) is 1.46. The molecule has 2 fully saturated rings. The van der Waals surface area contributed by atoms with Crippen LogP contribution in [0, 0.1) is 5.92 Å². The van der Waals surface area contributed by atoms with Crippen molar-refractivity contribution in [3.05, 3.63) is 0 Å². The van der Waals surface area contributed by atoms with E-state index in [0.717, 1.165) is 51.6 Å². The molecule has 0 amide bonds. The lowest BCUT2D eigenvalue weighted by Gasteiger charge is -2.27. The predicted molar refractivity (Wildman–Crippen MR) is 64.5 cm³/mol. The molecule has 0 radical (unpaired) electrons. The second-order valence-electron chi connectivity index (χ2n) is 5.17. The molecule has 2 rings (SSSR count). The minimum Gasteiger partial charge on any atom is -0.328 e. The molecular weight excluding hydrogens is 224 g/mol. The van der Waals surface area contributed by atoms with E-state index in [4.69, 9.17) is 5.73 Å². The summed E-state index contributed by atoms with van der Waals surface area (Å²) in [6.07, 6.45) is 5.98. The standard InChI is InChI=1S/C11H22N2O2S/c12-11-5-3-10(4-6-11)9-16(14,15)13-7-1-2-8-13/h10-11H,1-9,12H2. The second kappa shape index (κ2) is 5.02. The number of rotatable bonds is 3. The second-order valence-corrected chi connectivity index (χ2v) is 7.18. The van der Waals surface area contributed by atoms with Crippen LogP contribution < -0.4 is 5.73 Å². The van der Waals surface area contributed by atoms with Gasteiger partial charge in [-0.15, -0.1) is 0 Å². The zero-order valence-corrected chi connectivity index (χ0v) is 10.6. The zero-order valence-electron chi connectivity index (χ0n) is 9.77. The van der Waals surface area contributed by atoms with Crippen molar-refractivity contribution in [2.45, 2.75) is 44.6 Å². The molecular formula is C11H22N2O2S. The van der Waals surface area contributed by atoms with E-state index in [-0.39, 0.29) is 0 Å². The Hall–Kier alpha value is -0.130. The summed E-state index contributed by atoms with van der Waals surface area (Å²) >= 11 is 0. The minimum atomic E-state index is -2.98. The lowest BCUT2D eigenvalue weighted by atomic mass is 9.88. The van der Waals surface area contributed by atoms with E-state index < -0.39 is 10.0 Å². The van der Waals surface area contributed by atoms with E-state index in [1.54, 1.807) is 4.31 Å². The van der Waals surface area contributed by atoms with Crippen LogP contribution in [0.5, 0.6) is 0 Å². The largest absolute Gasteiger partial charge is 0.328 e. The molecule has 1 heterocycles. The van der Waals surface area contributed by atoms with Crippen LogP contribution in [0.1, 0.15) is 38.5 Å². The van der Waals surface area contributed by atoms with Gasteiger partial charge in [0.1, 0.15) is 0 Å². The maximum atomic E-state index is 12.1. The molecule has 4 nitrogen and oxygen atoms in total. The lowest BCUT2D eigenvalue weighted by molar-refractivity contribution is 0.343. The Morgan fingerprint density at radius 1 is 1.06 bits per heavy atom. The van der Waals surface area contributed by atoms with Gasteiger partial charge >= 0.3 is 0 Å². The molecule has 0 aromatic rings. The molecule has 94 valence electrons. The number of hydrogen-bond acceptors (Lipinski definition) is 3. The van der Waals surface area contributed by atoms with Gasteiger partial charge in [-0.2, -0.15) is 0 Å². The predicted octanol–water partition coefficient (Wildman–Crippen LogP) is 0.929. The van der Waals surface area contributed by atoms with Gasteiger partial charge in [0.15, 0.2) is 0 Å². The van der Waals surface area contributed by atoms with Crippen molar-refractivity contribution >= 4 is 10.0 Å². The Kier molecular flexibility index (Phi) is 3.87. The van der Waals surface area contributed by atoms with Crippen molar-refractivity contribution in [2.75, 3.05) is 18.8 Å². The molecule has 1 aliphatic heterocycles. The fourth-order valence-electron chi connectivity index (χ4n) is 2.72. The average Bonchev–Trinajstić information content (AvgIpc) is 2.75. The van der Waals surface area contributed by atoms with Crippen LogP contribution >= 0.6 is 0 Å². The van der Waals surface area contributed by atoms with Gasteiger partial charge in [0.2, 0.25) is 10.0 Å². The topological polar surface area (TPSA) is 63.4 Å². The highest BCUT2D eigenvalue weighted by Crippen LogP contribution is 2.26. The van der Waals surface area contributed by atoms with Crippen LogP contribution in [0.4, 0.5) is 0 Å². The Morgan fingerprint density at radius 3 is 2.19 bits per heavy atom. The van der Waals surface area contributed by atoms with E-state index in [2.05, 4.69) is 0 Å². The highest BCUT2D eigenvalue weighted by atomic mass is 32.2. The summed E-state index contributed by atoms with van der Waals surface area (Å²) in [6, 6.07) is 0.297. The van der Waals surface area contributed by atoms with Crippen molar-refractivity contribution in [3.63, 3.8) is 0 Å². The molecule has 5 heteroatoms. The van der Waals surface area contributed by atoms with Gasteiger partial charge in [0.05, 0.1) is 5.75 Å². The first-order chi connectivity index (χ1) is 7.58. The summed E-state index contributed by atoms with van der Waals surface area (Å²) in [5.74, 6) is 0.685. The first-order valence-corrected chi connectivity index (χ1v) is 7.92. The van der Waals surface area contributed by atoms with Gasteiger partial charge in [0.25, 0.3) is 0 Å². The van der Waals surface area contributed by atoms with E-state index >= 15 is 0 Å². The molecule has 0 atom stereocenters. The minimum absolute atomic E-state index is 0.297. The number of nitrogens with zero attached hydrogens (tertiary/aromatic N) is 1. The highest BCUT2D eigenvalue weighted by molar-refractivity contribution is 7.89. The van der Waals surface area contributed by atoms with Gasteiger partial charge in [-0.3, -0.25) is 0 Å². The van der Waals surface area contributed by atoms with Gasteiger partial charge in [-0.25, -0.2) is 12.7 Å². The van der Waals surface area contributed by atoms with Crippen molar-refractivity contribution in [3.8, 4) is 0 Å². The third-order valence-electron chi connectivity index (χ3n) is 3.80. The molecule has 0 bridgehead atoms. The molecule has 16 heavy (non-hydrogen) atoms. The van der Waals surface area contributed by atoms with Gasteiger partial charge in [-0.05, 0) is 44.4 Å². The molecule has 2 N–H and O–H groups in total. The van der Waals surface area contributed by atoms with Crippen LogP contribution in [0.3, 0.4) is 0 Å². The summed E-state index contributed by atoms with van der Waals surface area (Å²) in [5.41, 5.74) is 5.82. The first-order valence-electron chi connectivity index (χ1n) is 6.31. The fraction of sp³-hybridized carbons (Fsp3) is 1.00. The summed E-state index contributed by atoms with van der Waals surface area (Å²) < 4.78 is 25.8. The van der Waals surface area contributed by atoms with Crippen LogP contribution in [0.15, 0.2) is 0 Å². The SMILES string of the molecule is NC1CCC(CS(=O)(=O)N2CCCC2)CC1. The zero-order chi connectivity index (χ0) is 11.6. The smallest absolute Gasteiger partial charge is 0.214 e. The maximum absolute atomic E-state index is 12.1. The average molecular weight is 246 g/mol. The number of nitrogens with two attached hydrogens (primary N) is 1. The third-order valence-corrected chi connectivity index (χ3v) is 5.84. The normalized spacial score (nSPS) is 33.1. The van der Waals surface area contributed by atoms with Crippen LogP contribution in [0.25, 0.3) is 0 Å². The van der Waals surface area contributed by atoms with E-state index in [9.17, 15) is 8.42 Å². The maximum Gasteiger partial charge on any atom is 0.214 e. The molecule has 0 spiro atoms.